The Morgan fingerprint density at radius 1 is 0.754 bits per heavy atom. The topological polar surface area (TPSA) is 140 Å². The van der Waals surface area contributed by atoms with Crippen LogP contribution in [-0.2, 0) is 37.3 Å². The van der Waals surface area contributed by atoms with Crippen LogP contribution in [-0.4, -0.2) is 42.3 Å². The Labute approximate surface area is 360 Å². The summed E-state index contributed by atoms with van der Waals surface area (Å²) in [5.74, 6) is 0.728. The molecule has 4 unspecified atom stereocenters. The molecule has 3 N–H and O–H groups in total. The molecule has 1 amide bonds. The van der Waals surface area contributed by atoms with Crippen molar-refractivity contribution in [3.05, 3.63) is 192 Å². The van der Waals surface area contributed by atoms with E-state index >= 15 is 0 Å². The predicted octanol–water partition coefficient (Wildman–Crippen LogP) is 9.68. The summed E-state index contributed by atoms with van der Waals surface area (Å²) in [5, 5.41) is 13.1. The summed E-state index contributed by atoms with van der Waals surface area (Å²) in [6.07, 6.45) is -0.619. The van der Waals surface area contributed by atoms with Gasteiger partial charge in [0.1, 0.15) is 11.7 Å². The lowest BCUT2D eigenvalue weighted by Gasteiger charge is -2.36. The standard InChI is InChI=1S/C49H45N3O7S2/c1-33-17-27-42(28-18-33)61(55,56)52-43(29-34-11-5-2-6-12-34)47(54)50-40-25-23-39(24-26-40)48-57-41(30-44(58-48)36-21-19-35(31-53)20-22-36)32-60-49-51-45(37-13-7-3-8-14-37)46(59-49)38-15-9-4-10-16-38/h2-28,41,43-44,48,52-53H,29-32H2,1H3,(H,50,54). The second kappa shape index (κ2) is 19.2. The first-order valence-corrected chi connectivity index (χ1v) is 22.5. The van der Waals surface area contributed by atoms with Crippen molar-refractivity contribution >= 4 is 33.4 Å². The molecule has 12 heteroatoms. The number of amides is 1. The second-order valence-electron chi connectivity index (χ2n) is 14.8. The minimum absolute atomic E-state index is 0.0581. The number of anilines is 1. The summed E-state index contributed by atoms with van der Waals surface area (Å²) < 4.78 is 49.1. The highest BCUT2D eigenvalue weighted by Gasteiger charge is 2.33. The van der Waals surface area contributed by atoms with Gasteiger partial charge in [0.25, 0.3) is 5.22 Å². The van der Waals surface area contributed by atoms with Crippen molar-refractivity contribution in [2.45, 2.75) is 61.0 Å². The van der Waals surface area contributed by atoms with Gasteiger partial charge in [-0.1, -0.05) is 157 Å². The summed E-state index contributed by atoms with van der Waals surface area (Å²) in [7, 11) is -4.01. The highest BCUT2D eigenvalue weighted by molar-refractivity contribution is 7.99. The van der Waals surface area contributed by atoms with E-state index in [0.717, 1.165) is 44.6 Å². The number of aromatic nitrogens is 1. The highest BCUT2D eigenvalue weighted by atomic mass is 32.2. The number of hydrogen-bond acceptors (Lipinski definition) is 9. The van der Waals surface area contributed by atoms with E-state index in [9.17, 15) is 18.3 Å². The maximum absolute atomic E-state index is 13.8. The van der Waals surface area contributed by atoms with E-state index in [0.29, 0.717) is 28.8 Å². The van der Waals surface area contributed by atoms with Gasteiger partial charge in [0.2, 0.25) is 15.9 Å². The fourth-order valence-electron chi connectivity index (χ4n) is 7.09. The van der Waals surface area contributed by atoms with Crippen molar-refractivity contribution in [1.29, 1.82) is 0 Å². The number of carbonyl (C=O) groups excluding carboxylic acids is 1. The second-order valence-corrected chi connectivity index (χ2v) is 17.5. The van der Waals surface area contributed by atoms with Crippen LogP contribution in [0.1, 0.15) is 46.6 Å². The van der Waals surface area contributed by atoms with Crippen LogP contribution in [0.4, 0.5) is 5.69 Å². The third-order valence-corrected chi connectivity index (χ3v) is 12.8. The minimum Gasteiger partial charge on any atom is -0.431 e. The Bertz CT molecular complexity index is 2570. The zero-order valence-corrected chi connectivity index (χ0v) is 35.0. The van der Waals surface area contributed by atoms with Crippen molar-refractivity contribution in [2.24, 2.45) is 0 Å². The summed E-state index contributed by atoms with van der Waals surface area (Å²) >= 11 is 1.48. The molecular weight excluding hydrogens is 807 g/mol. The van der Waals surface area contributed by atoms with Crippen LogP contribution < -0.4 is 10.0 Å². The van der Waals surface area contributed by atoms with E-state index in [4.69, 9.17) is 18.9 Å². The highest BCUT2D eigenvalue weighted by Crippen LogP contribution is 2.41. The molecule has 1 aliphatic heterocycles. The van der Waals surface area contributed by atoms with Crippen molar-refractivity contribution in [2.75, 3.05) is 11.1 Å². The molecule has 8 rings (SSSR count). The number of hydrogen-bond donors (Lipinski definition) is 3. The number of sulfonamides is 1. The number of aliphatic hydroxyl groups excluding tert-OH is 1. The number of benzene rings is 6. The Kier molecular flexibility index (Phi) is 13.2. The number of nitrogens with one attached hydrogen (secondary N) is 2. The van der Waals surface area contributed by atoms with Gasteiger partial charge in [-0.25, -0.2) is 13.4 Å². The summed E-state index contributed by atoms with van der Waals surface area (Å²) in [4.78, 5) is 18.8. The molecular formula is C49H45N3O7S2. The third kappa shape index (κ3) is 10.5. The number of thioether (sulfide) groups is 1. The molecule has 0 spiro atoms. The van der Waals surface area contributed by atoms with E-state index in [1.165, 1.54) is 23.9 Å². The summed E-state index contributed by atoms with van der Waals surface area (Å²) in [5.41, 5.74) is 7.36. The lowest BCUT2D eigenvalue weighted by molar-refractivity contribution is -0.245. The Morgan fingerprint density at radius 3 is 2.03 bits per heavy atom. The first-order chi connectivity index (χ1) is 29.7. The van der Waals surface area contributed by atoms with E-state index in [2.05, 4.69) is 10.0 Å². The van der Waals surface area contributed by atoms with Crippen LogP contribution in [0.5, 0.6) is 0 Å². The molecule has 0 bridgehead atoms. The van der Waals surface area contributed by atoms with Gasteiger partial charge >= 0.3 is 0 Å². The number of ether oxygens (including phenoxy) is 2. The molecule has 61 heavy (non-hydrogen) atoms. The minimum atomic E-state index is -4.01. The quantitative estimate of drug-likeness (QED) is 0.0861. The number of rotatable bonds is 15. The van der Waals surface area contributed by atoms with Gasteiger partial charge in [0, 0.05) is 34.6 Å². The molecule has 0 aliphatic carbocycles. The molecule has 6 aromatic carbocycles. The van der Waals surface area contributed by atoms with Crippen molar-refractivity contribution in [3.8, 4) is 22.6 Å². The van der Waals surface area contributed by atoms with Crippen LogP contribution in [0.15, 0.2) is 178 Å². The van der Waals surface area contributed by atoms with Crippen LogP contribution in [0.3, 0.4) is 0 Å². The van der Waals surface area contributed by atoms with Gasteiger partial charge in [-0.2, -0.15) is 4.72 Å². The van der Waals surface area contributed by atoms with Gasteiger partial charge in [-0.05, 0) is 54.3 Å². The van der Waals surface area contributed by atoms with Crippen LogP contribution >= 0.6 is 11.8 Å². The molecule has 7 aromatic rings. The molecule has 310 valence electrons. The normalized spacial score (nSPS) is 17.1. The maximum Gasteiger partial charge on any atom is 0.256 e. The molecule has 1 fully saturated rings. The lowest BCUT2D eigenvalue weighted by Crippen LogP contribution is -2.45. The average Bonchev–Trinajstić information content (AvgIpc) is 3.74. The number of aliphatic hydroxyl groups is 1. The third-order valence-electron chi connectivity index (χ3n) is 10.4. The van der Waals surface area contributed by atoms with Crippen molar-refractivity contribution in [1.82, 2.24) is 9.71 Å². The molecule has 0 radical (unpaired) electrons. The number of carbonyl (C=O) groups is 1. The fraction of sp³-hybridized carbons (Fsp3) is 0.184. The fourth-order valence-corrected chi connectivity index (χ4v) is 9.13. The first-order valence-electron chi connectivity index (χ1n) is 20.0. The Balaban J connectivity index is 1.00. The van der Waals surface area contributed by atoms with E-state index < -0.39 is 28.3 Å². The zero-order chi connectivity index (χ0) is 42.2. The Morgan fingerprint density at radius 2 is 1.38 bits per heavy atom. The molecule has 10 nitrogen and oxygen atoms in total. The van der Waals surface area contributed by atoms with Crippen molar-refractivity contribution in [3.63, 3.8) is 0 Å². The average molecular weight is 852 g/mol. The monoisotopic (exact) mass is 851 g/mol. The Hall–Kier alpha value is -5.86. The lowest BCUT2D eigenvalue weighted by atomic mass is 10.0. The smallest absolute Gasteiger partial charge is 0.256 e. The number of oxazole rings is 1. The number of aryl methyl sites for hydroxylation is 1. The van der Waals surface area contributed by atoms with Crippen LogP contribution in [0.25, 0.3) is 22.6 Å². The molecule has 1 aromatic heterocycles. The summed E-state index contributed by atoms with van der Waals surface area (Å²) in [6.45, 7) is 1.82. The van der Waals surface area contributed by atoms with Gasteiger partial charge in [-0.15, -0.1) is 0 Å². The first kappa shape index (κ1) is 41.9. The molecule has 0 saturated carbocycles. The van der Waals surface area contributed by atoms with Crippen LogP contribution in [0, 0.1) is 6.92 Å². The number of nitrogens with zero attached hydrogens (tertiary/aromatic N) is 1. The van der Waals surface area contributed by atoms with Gasteiger partial charge < -0.3 is 24.3 Å². The van der Waals surface area contributed by atoms with Gasteiger partial charge in [0.15, 0.2) is 12.1 Å². The van der Waals surface area contributed by atoms with E-state index in [1.807, 2.05) is 134 Å². The maximum atomic E-state index is 13.8. The SMILES string of the molecule is Cc1ccc(S(=O)(=O)NC(Cc2ccccc2)C(=O)Nc2ccc(C3OC(CSc4nc(-c5ccccc5)c(-c5ccccc5)o4)CC(c4ccc(CO)cc4)O3)cc2)cc1. The van der Waals surface area contributed by atoms with E-state index in [-0.39, 0.29) is 30.1 Å². The van der Waals surface area contributed by atoms with Gasteiger partial charge in [0.05, 0.1) is 23.7 Å². The van der Waals surface area contributed by atoms with Crippen LogP contribution in [0.2, 0.25) is 0 Å². The zero-order valence-electron chi connectivity index (χ0n) is 33.4. The van der Waals surface area contributed by atoms with Crippen molar-refractivity contribution < 1.29 is 32.2 Å². The van der Waals surface area contributed by atoms with E-state index in [1.54, 1.807) is 24.3 Å². The predicted molar refractivity (Wildman–Crippen MR) is 237 cm³/mol. The summed E-state index contributed by atoms with van der Waals surface area (Å²) in [6, 6.07) is 49.5. The van der Waals surface area contributed by atoms with Gasteiger partial charge in [-0.3, -0.25) is 4.79 Å². The molecule has 1 aliphatic rings. The largest absolute Gasteiger partial charge is 0.431 e. The molecule has 4 atom stereocenters. The molecule has 1 saturated heterocycles. The molecule has 2 heterocycles.